The van der Waals surface area contributed by atoms with E-state index >= 15 is 0 Å². The van der Waals surface area contributed by atoms with Gasteiger partial charge in [-0.1, -0.05) is 23.7 Å². The molecule has 0 aliphatic carbocycles. The zero-order chi connectivity index (χ0) is 15.5. The SMILES string of the molecule is COc1cccc(NS(=O)(=O)c2ccc(CN)cc2Cl)c1. The molecule has 0 heterocycles. The average Bonchev–Trinajstić information content (AvgIpc) is 2.46. The van der Waals surface area contributed by atoms with Gasteiger partial charge in [-0.05, 0) is 29.8 Å². The fourth-order valence-electron chi connectivity index (χ4n) is 1.79. The zero-order valence-electron chi connectivity index (χ0n) is 11.3. The van der Waals surface area contributed by atoms with Crippen molar-refractivity contribution in [3.8, 4) is 5.75 Å². The summed E-state index contributed by atoms with van der Waals surface area (Å²) in [5.74, 6) is 0.555. The third-order valence-corrected chi connectivity index (χ3v) is 4.71. The second-order valence-corrected chi connectivity index (χ2v) is 6.36. The maximum atomic E-state index is 12.4. The van der Waals surface area contributed by atoms with Crippen LogP contribution in [0.1, 0.15) is 5.56 Å². The third-order valence-electron chi connectivity index (χ3n) is 2.84. The number of methoxy groups -OCH3 is 1. The highest BCUT2D eigenvalue weighted by Gasteiger charge is 2.18. The predicted octanol–water partition coefficient (Wildman–Crippen LogP) is 2.61. The number of anilines is 1. The van der Waals surface area contributed by atoms with Gasteiger partial charge in [0.2, 0.25) is 0 Å². The van der Waals surface area contributed by atoms with Crippen molar-refractivity contribution in [3.63, 3.8) is 0 Å². The molecule has 0 saturated heterocycles. The van der Waals surface area contributed by atoms with Crippen LogP contribution in [-0.2, 0) is 16.6 Å². The van der Waals surface area contributed by atoms with E-state index in [2.05, 4.69) is 4.72 Å². The summed E-state index contributed by atoms with van der Waals surface area (Å²) in [5, 5.41) is 0.133. The van der Waals surface area contributed by atoms with Crippen LogP contribution >= 0.6 is 11.6 Å². The minimum Gasteiger partial charge on any atom is -0.497 e. The van der Waals surface area contributed by atoms with Crippen molar-refractivity contribution < 1.29 is 13.2 Å². The molecule has 2 aromatic carbocycles. The summed E-state index contributed by atoms with van der Waals surface area (Å²) in [7, 11) is -2.26. The van der Waals surface area contributed by atoms with Gasteiger partial charge in [0.25, 0.3) is 10.0 Å². The first kappa shape index (κ1) is 15.6. The zero-order valence-corrected chi connectivity index (χ0v) is 12.9. The second kappa shape index (κ2) is 6.34. The van der Waals surface area contributed by atoms with Crippen LogP contribution < -0.4 is 15.2 Å². The molecule has 0 atom stereocenters. The highest BCUT2D eigenvalue weighted by atomic mass is 35.5. The van der Waals surface area contributed by atoms with Gasteiger partial charge in [-0.2, -0.15) is 0 Å². The standard InChI is InChI=1S/C14H15ClN2O3S/c1-20-12-4-2-3-11(8-12)17-21(18,19)14-6-5-10(9-16)7-13(14)15/h2-8,17H,9,16H2,1H3. The van der Waals surface area contributed by atoms with E-state index in [-0.39, 0.29) is 9.92 Å². The van der Waals surface area contributed by atoms with Crippen molar-refractivity contribution in [2.75, 3.05) is 11.8 Å². The molecular weight excluding hydrogens is 312 g/mol. The van der Waals surface area contributed by atoms with Crippen LogP contribution in [0.4, 0.5) is 5.69 Å². The Labute approximate surface area is 128 Å². The molecule has 0 bridgehead atoms. The molecule has 3 N–H and O–H groups in total. The lowest BCUT2D eigenvalue weighted by atomic mass is 10.2. The minimum atomic E-state index is -3.77. The van der Waals surface area contributed by atoms with E-state index in [4.69, 9.17) is 22.1 Å². The molecule has 0 aromatic heterocycles. The largest absolute Gasteiger partial charge is 0.497 e. The molecule has 0 aliphatic rings. The number of benzene rings is 2. The number of hydrogen-bond acceptors (Lipinski definition) is 4. The summed E-state index contributed by atoms with van der Waals surface area (Å²) in [6, 6.07) is 11.2. The van der Waals surface area contributed by atoms with Crippen molar-refractivity contribution in [1.29, 1.82) is 0 Å². The number of nitrogens with one attached hydrogen (secondary N) is 1. The summed E-state index contributed by atoms with van der Waals surface area (Å²) >= 11 is 6.02. The first-order valence-electron chi connectivity index (χ1n) is 6.11. The molecule has 0 aliphatic heterocycles. The number of rotatable bonds is 5. The van der Waals surface area contributed by atoms with Gasteiger partial charge in [-0.15, -0.1) is 0 Å². The molecule has 0 unspecified atom stereocenters. The van der Waals surface area contributed by atoms with Crippen LogP contribution in [0.3, 0.4) is 0 Å². The quantitative estimate of drug-likeness (QED) is 0.885. The molecule has 21 heavy (non-hydrogen) atoms. The van der Waals surface area contributed by atoms with E-state index in [0.29, 0.717) is 18.0 Å². The van der Waals surface area contributed by atoms with E-state index in [1.54, 1.807) is 36.4 Å². The lowest BCUT2D eigenvalue weighted by molar-refractivity contribution is 0.415. The van der Waals surface area contributed by atoms with Crippen molar-refractivity contribution in [2.24, 2.45) is 5.73 Å². The lowest BCUT2D eigenvalue weighted by Gasteiger charge is -2.11. The van der Waals surface area contributed by atoms with Crippen LogP contribution in [0.5, 0.6) is 5.75 Å². The molecule has 2 rings (SSSR count). The van der Waals surface area contributed by atoms with Crippen LogP contribution in [-0.4, -0.2) is 15.5 Å². The Bertz CT molecular complexity index is 748. The predicted molar refractivity (Wildman–Crippen MR) is 83.1 cm³/mol. The molecule has 0 fully saturated rings. The summed E-state index contributed by atoms with van der Waals surface area (Å²) < 4.78 is 32.2. The number of hydrogen-bond donors (Lipinski definition) is 2. The molecule has 7 heteroatoms. The molecule has 0 spiro atoms. The second-order valence-electron chi connectivity index (χ2n) is 4.31. The van der Waals surface area contributed by atoms with Crippen molar-refractivity contribution in [2.45, 2.75) is 11.4 Å². The molecule has 0 radical (unpaired) electrons. The van der Waals surface area contributed by atoms with E-state index in [9.17, 15) is 8.42 Å². The van der Waals surface area contributed by atoms with Gasteiger partial charge in [0.1, 0.15) is 10.6 Å². The van der Waals surface area contributed by atoms with Gasteiger partial charge in [0, 0.05) is 12.6 Å². The normalized spacial score (nSPS) is 11.2. The number of halogens is 1. The van der Waals surface area contributed by atoms with Gasteiger partial charge in [0.05, 0.1) is 17.8 Å². The summed E-state index contributed by atoms with van der Waals surface area (Å²) in [6.07, 6.45) is 0. The van der Waals surface area contributed by atoms with E-state index in [0.717, 1.165) is 5.56 Å². The maximum Gasteiger partial charge on any atom is 0.263 e. The van der Waals surface area contributed by atoms with Crippen LogP contribution in [0, 0.1) is 0 Å². The van der Waals surface area contributed by atoms with Crippen molar-refractivity contribution in [1.82, 2.24) is 0 Å². The topological polar surface area (TPSA) is 81.4 Å². The van der Waals surface area contributed by atoms with Gasteiger partial charge in [-0.3, -0.25) is 4.72 Å². The molecule has 0 amide bonds. The Hall–Kier alpha value is -1.76. The number of sulfonamides is 1. The van der Waals surface area contributed by atoms with Crippen LogP contribution in [0.25, 0.3) is 0 Å². The van der Waals surface area contributed by atoms with Crippen LogP contribution in [0.15, 0.2) is 47.4 Å². The van der Waals surface area contributed by atoms with E-state index < -0.39 is 10.0 Å². The van der Waals surface area contributed by atoms with E-state index in [1.165, 1.54) is 13.2 Å². The monoisotopic (exact) mass is 326 g/mol. The lowest BCUT2D eigenvalue weighted by Crippen LogP contribution is -2.13. The maximum absolute atomic E-state index is 12.4. The van der Waals surface area contributed by atoms with Crippen molar-refractivity contribution in [3.05, 3.63) is 53.1 Å². The summed E-state index contributed by atoms with van der Waals surface area (Å²) in [5.41, 5.74) is 6.66. The van der Waals surface area contributed by atoms with Gasteiger partial charge in [-0.25, -0.2) is 8.42 Å². The Kier molecular flexibility index (Phi) is 4.72. The van der Waals surface area contributed by atoms with E-state index in [1.807, 2.05) is 0 Å². The van der Waals surface area contributed by atoms with Crippen molar-refractivity contribution >= 4 is 27.3 Å². The van der Waals surface area contributed by atoms with Gasteiger partial charge < -0.3 is 10.5 Å². The Morgan fingerprint density at radius 2 is 2.00 bits per heavy atom. The first-order valence-corrected chi connectivity index (χ1v) is 7.98. The third kappa shape index (κ3) is 3.66. The number of nitrogens with two attached hydrogens (primary N) is 1. The fourth-order valence-corrected chi connectivity index (χ4v) is 3.40. The minimum absolute atomic E-state index is 0.00388. The summed E-state index contributed by atoms with van der Waals surface area (Å²) in [4.78, 5) is 0.00388. The molecule has 5 nitrogen and oxygen atoms in total. The van der Waals surface area contributed by atoms with Gasteiger partial charge >= 0.3 is 0 Å². The highest BCUT2D eigenvalue weighted by Crippen LogP contribution is 2.26. The van der Waals surface area contributed by atoms with Gasteiger partial charge in [0.15, 0.2) is 0 Å². The molecular formula is C14H15ClN2O3S. The highest BCUT2D eigenvalue weighted by molar-refractivity contribution is 7.92. The molecule has 0 saturated carbocycles. The molecule has 112 valence electrons. The summed E-state index contributed by atoms with van der Waals surface area (Å²) in [6.45, 7) is 0.295. The smallest absolute Gasteiger partial charge is 0.263 e. The molecule has 2 aromatic rings. The Balaban J connectivity index is 2.33. The Morgan fingerprint density at radius 1 is 1.24 bits per heavy atom. The first-order chi connectivity index (χ1) is 9.96. The van der Waals surface area contributed by atoms with Crippen LogP contribution in [0.2, 0.25) is 5.02 Å². The average molecular weight is 327 g/mol. The number of ether oxygens (including phenoxy) is 1. The Morgan fingerprint density at radius 3 is 2.62 bits per heavy atom. The fraction of sp³-hybridized carbons (Fsp3) is 0.143.